The molecule has 74 valence electrons. The number of nitrogens with one attached hydrogen (secondary N) is 1. The van der Waals surface area contributed by atoms with E-state index in [0.29, 0.717) is 0 Å². The van der Waals surface area contributed by atoms with Crippen LogP contribution in [0, 0.1) is 10.1 Å². The fourth-order valence-corrected chi connectivity index (χ4v) is 1.20. The molecule has 1 amide bonds. The van der Waals surface area contributed by atoms with E-state index < -0.39 is 4.92 Å². The second kappa shape index (κ2) is 4.06. The molecule has 0 aliphatic heterocycles. The van der Waals surface area contributed by atoms with Crippen molar-refractivity contribution in [2.24, 2.45) is 0 Å². The minimum atomic E-state index is -0.570. The van der Waals surface area contributed by atoms with Crippen molar-refractivity contribution in [2.75, 3.05) is 7.05 Å². The minimum Gasteiger partial charge on any atom is -0.355 e. The molecule has 1 aromatic rings. The molecular formula is C8H7ClN2O3. The number of non-ortho nitro benzene ring substituents is 1. The van der Waals surface area contributed by atoms with Crippen LogP contribution in [0.2, 0.25) is 5.02 Å². The number of benzene rings is 1. The molecule has 14 heavy (non-hydrogen) atoms. The standard InChI is InChI=1S/C8H7ClN2O3/c1-10-8(12)6-3-2-5(11(13)14)4-7(6)9/h2-4H,1H3,(H,10,12). The molecule has 0 heterocycles. The van der Waals surface area contributed by atoms with E-state index in [2.05, 4.69) is 5.32 Å². The van der Waals surface area contributed by atoms with Crippen LogP contribution < -0.4 is 5.32 Å². The number of nitro groups is 1. The van der Waals surface area contributed by atoms with Gasteiger partial charge in [-0.1, -0.05) is 11.6 Å². The highest BCUT2D eigenvalue weighted by molar-refractivity contribution is 6.34. The van der Waals surface area contributed by atoms with E-state index in [-0.39, 0.29) is 22.2 Å². The molecule has 0 aromatic heterocycles. The van der Waals surface area contributed by atoms with Crippen LogP contribution in [-0.4, -0.2) is 17.9 Å². The van der Waals surface area contributed by atoms with Crippen molar-refractivity contribution in [1.82, 2.24) is 5.32 Å². The molecule has 0 saturated heterocycles. The topological polar surface area (TPSA) is 72.2 Å². The van der Waals surface area contributed by atoms with Crippen LogP contribution in [0.5, 0.6) is 0 Å². The third kappa shape index (κ3) is 2.00. The molecule has 1 N–H and O–H groups in total. The zero-order valence-corrected chi connectivity index (χ0v) is 8.04. The van der Waals surface area contributed by atoms with Gasteiger partial charge in [0.25, 0.3) is 11.6 Å². The number of nitro benzene ring substituents is 1. The van der Waals surface area contributed by atoms with Gasteiger partial charge in [-0.05, 0) is 6.07 Å². The molecule has 0 aliphatic rings. The van der Waals surface area contributed by atoms with Gasteiger partial charge in [-0.15, -0.1) is 0 Å². The summed E-state index contributed by atoms with van der Waals surface area (Å²) in [5, 5.41) is 12.8. The Hall–Kier alpha value is -1.62. The van der Waals surface area contributed by atoms with Crippen LogP contribution in [0.3, 0.4) is 0 Å². The first-order valence-electron chi connectivity index (χ1n) is 3.72. The van der Waals surface area contributed by atoms with E-state index in [1.54, 1.807) is 0 Å². The maximum Gasteiger partial charge on any atom is 0.270 e. The number of hydrogen-bond acceptors (Lipinski definition) is 3. The van der Waals surface area contributed by atoms with Crippen molar-refractivity contribution in [3.63, 3.8) is 0 Å². The zero-order chi connectivity index (χ0) is 10.7. The van der Waals surface area contributed by atoms with Crippen molar-refractivity contribution in [1.29, 1.82) is 0 Å². The van der Waals surface area contributed by atoms with Crippen molar-refractivity contribution in [3.8, 4) is 0 Å². The fourth-order valence-electron chi connectivity index (χ4n) is 0.936. The number of carbonyl (C=O) groups is 1. The Morgan fingerprint density at radius 3 is 2.64 bits per heavy atom. The maximum atomic E-state index is 11.2. The largest absolute Gasteiger partial charge is 0.355 e. The summed E-state index contributed by atoms with van der Waals surface area (Å²) >= 11 is 5.68. The molecule has 0 spiro atoms. The quantitative estimate of drug-likeness (QED) is 0.601. The van der Waals surface area contributed by atoms with Gasteiger partial charge in [-0.3, -0.25) is 14.9 Å². The molecule has 0 fully saturated rings. The van der Waals surface area contributed by atoms with Gasteiger partial charge < -0.3 is 5.32 Å². The summed E-state index contributed by atoms with van der Waals surface area (Å²) in [4.78, 5) is 20.9. The van der Waals surface area contributed by atoms with Gasteiger partial charge in [0.2, 0.25) is 0 Å². The molecule has 1 rings (SSSR count). The number of amides is 1. The third-order valence-corrected chi connectivity index (χ3v) is 1.95. The Bertz CT molecular complexity index is 392. The number of nitrogens with zero attached hydrogens (tertiary/aromatic N) is 1. The minimum absolute atomic E-state index is 0.0681. The molecule has 0 saturated carbocycles. The number of carbonyl (C=O) groups excluding carboxylic acids is 1. The van der Waals surface area contributed by atoms with Crippen LogP contribution in [-0.2, 0) is 0 Å². The van der Waals surface area contributed by atoms with E-state index in [9.17, 15) is 14.9 Å². The van der Waals surface area contributed by atoms with E-state index in [4.69, 9.17) is 11.6 Å². The van der Waals surface area contributed by atoms with E-state index >= 15 is 0 Å². The van der Waals surface area contributed by atoms with Gasteiger partial charge in [0.05, 0.1) is 15.5 Å². The molecule has 5 nitrogen and oxygen atoms in total. The monoisotopic (exact) mass is 214 g/mol. The molecule has 0 atom stereocenters. The molecule has 1 aromatic carbocycles. The Kier molecular flexibility index (Phi) is 3.03. The molecule has 0 radical (unpaired) electrons. The molecule has 0 unspecified atom stereocenters. The third-order valence-electron chi connectivity index (χ3n) is 1.64. The molecule has 0 bridgehead atoms. The summed E-state index contributed by atoms with van der Waals surface area (Å²) in [6.07, 6.45) is 0. The number of hydrogen-bond donors (Lipinski definition) is 1. The lowest BCUT2D eigenvalue weighted by molar-refractivity contribution is -0.384. The lowest BCUT2D eigenvalue weighted by atomic mass is 10.2. The first-order chi connectivity index (χ1) is 6.56. The average molecular weight is 215 g/mol. The summed E-state index contributed by atoms with van der Waals surface area (Å²) in [6, 6.07) is 3.70. The van der Waals surface area contributed by atoms with Crippen LogP contribution in [0.25, 0.3) is 0 Å². The van der Waals surface area contributed by atoms with E-state index in [0.717, 1.165) is 6.07 Å². The Morgan fingerprint density at radius 2 is 2.21 bits per heavy atom. The van der Waals surface area contributed by atoms with Gasteiger partial charge >= 0.3 is 0 Å². The van der Waals surface area contributed by atoms with E-state index in [1.165, 1.54) is 19.2 Å². The van der Waals surface area contributed by atoms with Gasteiger partial charge in [0.15, 0.2) is 0 Å². The average Bonchev–Trinajstić information content (AvgIpc) is 2.16. The highest BCUT2D eigenvalue weighted by atomic mass is 35.5. The fraction of sp³-hybridized carbons (Fsp3) is 0.125. The summed E-state index contributed by atoms with van der Waals surface area (Å²) < 4.78 is 0. The molecule has 6 heteroatoms. The number of rotatable bonds is 2. The normalized spacial score (nSPS) is 9.57. The molecule has 0 aliphatic carbocycles. The summed E-state index contributed by atoms with van der Waals surface area (Å²) in [5.74, 6) is -0.370. The van der Waals surface area contributed by atoms with Crippen molar-refractivity contribution in [2.45, 2.75) is 0 Å². The SMILES string of the molecule is CNC(=O)c1ccc([N+](=O)[O-])cc1Cl. The summed E-state index contributed by atoms with van der Waals surface area (Å²) in [7, 11) is 1.46. The van der Waals surface area contributed by atoms with E-state index in [1.807, 2.05) is 0 Å². The van der Waals surface area contributed by atoms with Crippen molar-refractivity contribution >= 4 is 23.2 Å². The Labute approximate surface area is 84.8 Å². The van der Waals surface area contributed by atoms with Crippen LogP contribution >= 0.6 is 11.6 Å². The summed E-state index contributed by atoms with van der Waals surface area (Å²) in [6.45, 7) is 0. The van der Waals surface area contributed by atoms with Gasteiger partial charge in [0.1, 0.15) is 0 Å². The zero-order valence-electron chi connectivity index (χ0n) is 7.28. The highest BCUT2D eigenvalue weighted by Crippen LogP contribution is 2.22. The lowest BCUT2D eigenvalue weighted by Gasteiger charge is -2.01. The highest BCUT2D eigenvalue weighted by Gasteiger charge is 2.13. The van der Waals surface area contributed by atoms with Gasteiger partial charge in [-0.2, -0.15) is 0 Å². The smallest absolute Gasteiger partial charge is 0.270 e. The number of halogens is 1. The van der Waals surface area contributed by atoms with Crippen LogP contribution in [0.15, 0.2) is 18.2 Å². The van der Waals surface area contributed by atoms with Crippen LogP contribution in [0.1, 0.15) is 10.4 Å². The Balaban J connectivity index is 3.14. The maximum absolute atomic E-state index is 11.2. The van der Waals surface area contributed by atoms with Crippen LogP contribution in [0.4, 0.5) is 5.69 Å². The lowest BCUT2D eigenvalue weighted by Crippen LogP contribution is -2.18. The predicted molar refractivity (Wildman–Crippen MR) is 51.5 cm³/mol. The second-order valence-electron chi connectivity index (χ2n) is 2.50. The van der Waals surface area contributed by atoms with Gasteiger partial charge in [-0.25, -0.2) is 0 Å². The van der Waals surface area contributed by atoms with Crippen molar-refractivity contribution < 1.29 is 9.72 Å². The second-order valence-corrected chi connectivity index (χ2v) is 2.91. The van der Waals surface area contributed by atoms with Gasteiger partial charge in [0, 0.05) is 19.2 Å². The first-order valence-corrected chi connectivity index (χ1v) is 4.10. The predicted octanol–water partition coefficient (Wildman–Crippen LogP) is 1.61. The van der Waals surface area contributed by atoms with Crippen molar-refractivity contribution in [3.05, 3.63) is 38.9 Å². The molecular weight excluding hydrogens is 208 g/mol. The summed E-state index contributed by atoms with van der Waals surface area (Å²) in [5.41, 5.74) is 0.0856. The Morgan fingerprint density at radius 1 is 1.57 bits per heavy atom. The first kappa shape index (κ1) is 10.5.